The van der Waals surface area contributed by atoms with E-state index >= 15 is 0 Å². The number of carbonyl (C=O) groups excluding carboxylic acids is 1. The number of halogens is 1. The van der Waals surface area contributed by atoms with Gasteiger partial charge in [0, 0.05) is 12.1 Å². The fraction of sp³-hybridized carbons (Fsp3) is 0.158. The van der Waals surface area contributed by atoms with Crippen molar-refractivity contribution in [3.05, 3.63) is 86.2 Å². The van der Waals surface area contributed by atoms with Crippen LogP contribution in [0.5, 0.6) is 0 Å². The van der Waals surface area contributed by atoms with Crippen LogP contribution in [0.4, 0.5) is 5.69 Å². The minimum absolute atomic E-state index is 0.0127. The van der Waals surface area contributed by atoms with Crippen molar-refractivity contribution in [1.29, 1.82) is 0 Å². The molecule has 0 saturated heterocycles. The van der Waals surface area contributed by atoms with Crippen LogP contribution in [-0.4, -0.2) is 20.7 Å². The molecule has 2 aromatic carbocycles. The lowest BCUT2D eigenvalue weighted by Gasteiger charge is -2.08. The molecule has 138 valence electrons. The van der Waals surface area contributed by atoms with Gasteiger partial charge < -0.3 is 4.74 Å². The normalized spacial score (nSPS) is 10.6. The lowest BCUT2D eigenvalue weighted by atomic mass is 10.2. The van der Waals surface area contributed by atoms with E-state index in [2.05, 4.69) is 5.10 Å². The van der Waals surface area contributed by atoms with Gasteiger partial charge in [0.1, 0.15) is 6.61 Å². The van der Waals surface area contributed by atoms with Gasteiger partial charge >= 0.3 is 5.97 Å². The first-order chi connectivity index (χ1) is 12.9. The fourth-order valence-corrected chi connectivity index (χ4v) is 2.70. The van der Waals surface area contributed by atoms with Crippen LogP contribution >= 0.6 is 11.6 Å². The molecule has 0 unspecified atom stereocenters. The van der Waals surface area contributed by atoms with E-state index in [0.717, 1.165) is 5.69 Å². The number of nitro benzene ring substituents is 1. The Labute approximate surface area is 160 Å². The van der Waals surface area contributed by atoms with Gasteiger partial charge in [-0.1, -0.05) is 17.7 Å². The number of aryl methyl sites for hydroxylation is 1. The van der Waals surface area contributed by atoms with E-state index in [1.807, 2.05) is 19.9 Å². The average Bonchev–Trinajstić information content (AvgIpc) is 2.94. The molecule has 0 amide bonds. The highest BCUT2D eigenvalue weighted by Crippen LogP contribution is 2.23. The molecule has 0 aliphatic heterocycles. The van der Waals surface area contributed by atoms with Crippen LogP contribution in [0, 0.1) is 24.0 Å². The molecule has 7 nitrogen and oxygen atoms in total. The van der Waals surface area contributed by atoms with Gasteiger partial charge in [-0.05, 0) is 49.7 Å². The summed E-state index contributed by atoms with van der Waals surface area (Å²) in [6.07, 6.45) is 0. The van der Waals surface area contributed by atoms with Crippen LogP contribution in [-0.2, 0) is 11.3 Å². The summed E-state index contributed by atoms with van der Waals surface area (Å²) in [5.41, 5.74) is 3.22. The van der Waals surface area contributed by atoms with Crippen molar-refractivity contribution < 1.29 is 14.5 Å². The van der Waals surface area contributed by atoms with Crippen molar-refractivity contribution in [3.63, 3.8) is 0 Å². The first-order valence-corrected chi connectivity index (χ1v) is 8.47. The molecule has 0 spiro atoms. The lowest BCUT2D eigenvalue weighted by molar-refractivity contribution is -0.384. The molecule has 0 saturated carbocycles. The highest BCUT2D eigenvalue weighted by Gasteiger charge is 2.14. The predicted octanol–water partition coefficient (Wildman–Crippen LogP) is 4.41. The van der Waals surface area contributed by atoms with E-state index in [4.69, 9.17) is 16.3 Å². The molecule has 0 aliphatic carbocycles. The van der Waals surface area contributed by atoms with Gasteiger partial charge in [-0.2, -0.15) is 5.10 Å². The zero-order chi connectivity index (χ0) is 19.6. The standard InChI is InChI=1S/C19H16ClN3O4/c1-12-18(20)13(2)22(21-12)17-5-3-4-15(10-17)19(24)27-11-14-6-8-16(9-7-14)23(25)26/h3-10H,11H2,1-2H3. The fourth-order valence-electron chi connectivity index (χ4n) is 2.59. The van der Waals surface area contributed by atoms with Crippen molar-refractivity contribution in [1.82, 2.24) is 9.78 Å². The van der Waals surface area contributed by atoms with E-state index in [9.17, 15) is 14.9 Å². The van der Waals surface area contributed by atoms with Crippen molar-refractivity contribution in [3.8, 4) is 5.69 Å². The van der Waals surface area contributed by atoms with E-state index < -0.39 is 10.9 Å². The minimum atomic E-state index is -0.497. The van der Waals surface area contributed by atoms with Crippen LogP contribution in [0.15, 0.2) is 48.5 Å². The Morgan fingerprint density at radius 2 is 1.93 bits per heavy atom. The summed E-state index contributed by atoms with van der Waals surface area (Å²) in [4.78, 5) is 22.5. The molecule has 0 radical (unpaired) electrons. The molecule has 0 aliphatic rings. The van der Waals surface area contributed by atoms with Crippen LogP contribution < -0.4 is 0 Å². The molecule has 0 bridgehead atoms. The number of nitro groups is 1. The SMILES string of the molecule is Cc1nn(-c2cccc(C(=O)OCc3ccc([N+](=O)[O-])cc3)c2)c(C)c1Cl. The Morgan fingerprint density at radius 1 is 1.22 bits per heavy atom. The maximum Gasteiger partial charge on any atom is 0.338 e. The molecular formula is C19H16ClN3O4. The first-order valence-electron chi connectivity index (χ1n) is 8.09. The number of benzene rings is 2. The number of esters is 1. The summed E-state index contributed by atoms with van der Waals surface area (Å²) in [5.74, 6) is -0.497. The predicted molar refractivity (Wildman–Crippen MR) is 100 cm³/mol. The third-order valence-electron chi connectivity index (χ3n) is 4.05. The van der Waals surface area contributed by atoms with Crippen molar-refractivity contribution in [2.45, 2.75) is 20.5 Å². The quantitative estimate of drug-likeness (QED) is 0.369. The van der Waals surface area contributed by atoms with Crippen LogP contribution in [0.2, 0.25) is 5.02 Å². The number of ether oxygens (including phenoxy) is 1. The number of nitrogens with zero attached hydrogens (tertiary/aromatic N) is 3. The average molecular weight is 386 g/mol. The second-order valence-corrected chi connectivity index (χ2v) is 6.32. The number of hydrogen-bond donors (Lipinski definition) is 0. The molecule has 27 heavy (non-hydrogen) atoms. The van der Waals surface area contributed by atoms with Gasteiger partial charge in [-0.15, -0.1) is 0 Å². The number of carbonyl (C=O) groups is 1. The van der Waals surface area contributed by atoms with Crippen molar-refractivity contribution in [2.24, 2.45) is 0 Å². The highest BCUT2D eigenvalue weighted by molar-refractivity contribution is 6.31. The van der Waals surface area contributed by atoms with E-state index in [-0.39, 0.29) is 12.3 Å². The Bertz CT molecular complexity index is 1010. The van der Waals surface area contributed by atoms with Gasteiger partial charge in [-0.25, -0.2) is 9.48 Å². The second-order valence-electron chi connectivity index (χ2n) is 5.95. The van der Waals surface area contributed by atoms with Gasteiger partial charge in [0.2, 0.25) is 0 Å². The molecule has 1 aromatic heterocycles. The Hall–Kier alpha value is -3.19. The molecule has 0 atom stereocenters. The molecule has 0 fully saturated rings. The van der Waals surface area contributed by atoms with E-state index in [0.29, 0.717) is 27.5 Å². The maximum atomic E-state index is 12.3. The number of rotatable bonds is 5. The summed E-state index contributed by atoms with van der Waals surface area (Å²) in [6, 6.07) is 12.7. The van der Waals surface area contributed by atoms with Gasteiger partial charge in [0.05, 0.1) is 32.6 Å². The summed E-state index contributed by atoms with van der Waals surface area (Å²) >= 11 is 6.18. The summed E-state index contributed by atoms with van der Waals surface area (Å²) < 4.78 is 6.97. The zero-order valence-corrected chi connectivity index (χ0v) is 15.4. The third kappa shape index (κ3) is 3.98. The molecular weight excluding hydrogens is 370 g/mol. The zero-order valence-electron chi connectivity index (χ0n) is 14.7. The van der Waals surface area contributed by atoms with Gasteiger partial charge in [0.15, 0.2) is 0 Å². The second kappa shape index (κ2) is 7.59. The maximum absolute atomic E-state index is 12.3. The number of non-ortho nitro benzene ring substituents is 1. The van der Waals surface area contributed by atoms with E-state index in [1.165, 1.54) is 12.1 Å². The van der Waals surface area contributed by atoms with Crippen LogP contribution in [0.1, 0.15) is 27.3 Å². The smallest absolute Gasteiger partial charge is 0.338 e. The van der Waals surface area contributed by atoms with Crippen molar-refractivity contribution >= 4 is 23.3 Å². The highest BCUT2D eigenvalue weighted by atomic mass is 35.5. The molecule has 3 aromatic rings. The molecule has 3 rings (SSSR count). The third-order valence-corrected chi connectivity index (χ3v) is 4.59. The van der Waals surface area contributed by atoms with Crippen LogP contribution in [0.25, 0.3) is 5.69 Å². The Balaban J connectivity index is 1.73. The summed E-state index contributed by atoms with van der Waals surface area (Å²) in [6.45, 7) is 3.68. The molecule has 0 N–H and O–H groups in total. The summed E-state index contributed by atoms with van der Waals surface area (Å²) in [7, 11) is 0. The Morgan fingerprint density at radius 3 is 2.52 bits per heavy atom. The number of aromatic nitrogens is 2. The monoisotopic (exact) mass is 385 g/mol. The lowest BCUT2D eigenvalue weighted by Crippen LogP contribution is -2.07. The summed E-state index contributed by atoms with van der Waals surface area (Å²) in [5, 5.41) is 15.6. The van der Waals surface area contributed by atoms with Crippen LogP contribution in [0.3, 0.4) is 0 Å². The number of hydrogen-bond acceptors (Lipinski definition) is 5. The van der Waals surface area contributed by atoms with Gasteiger partial charge in [-0.3, -0.25) is 10.1 Å². The van der Waals surface area contributed by atoms with Gasteiger partial charge in [0.25, 0.3) is 5.69 Å². The molecule has 8 heteroatoms. The van der Waals surface area contributed by atoms with E-state index in [1.54, 1.807) is 35.0 Å². The van der Waals surface area contributed by atoms with Crippen molar-refractivity contribution in [2.75, 3.05) is 0 Å². The minimum Gasteiger partial charge on any atom is -0.457 e. The molecule has 1 heterocycles. The first kappa shape index (κ1) is 18.6. The Kier molecular flexibility index (Phi) is 5.23. The topological polar surface area (TPSA) is 87.3 Å². The largest absolute Gasteiger partial charge is 0.457 e.